The summed E-state index contributed by atoms with van der Waals surface area (Å²) in [5.41, 5.74) is 0.946. The number of Topliss-reactive ketones (excluding diaryl/α,β-unsaturated/α-hetero) is 1. The monoisotopic (exact) mass is 306 g/mol. The van der Waals surface area contributed by atoms with Crippen molar-refractivity contribution < 1.29 is 14.7 Å². The molecule has 1 rings (SSSR count). The highest BCUT2D eigenvalue weighted by Crippen LogP contribution is 2.11. The van der Waals surface area contributed by atoms with Crippen LogP contribution in [-0.2, 0) is 16.0 Å². The Morgan fingerprint density at radius 3 is 2.18 bits per heavy atom. The van der Waals surface area contributed by atoms with Gasteiger partial charge >= 0.3 is 0 Å². The summed E-state index contributed by atoms with van der Waals surface area (Å²) < 4.78 is 0. The van der Waals surface area contributed by atoms with E-state index >= 15 is 0 Å². The number of hydrogen-bond donors (Lipinski definition) is 3. The minimum Gasteiger partial charge on any atom is -0.508 e. The summed E-state index contributed by atoms with van der Waals surface area (Å²) in [6.07, 6.45) is 0.500. The van der Waals surface area contributed by atoms with E-state index in [0.29, 0.717) is 6.42 Å². The Kier molecular flexibility index (Phi) is 7.05. The lowest BCUT2D eigenvalue weighted by Gasteiger charge is -2.21. The van der Waals surface area contributed by atoms with Gasteiger partial charge in [0.05, 0.1) is 12.6 Å². The van der Waals surface area contributed by atoms with Gasteiger partial charge in [-0.1, -0.05) is 39.8 Å². The number of amides is 1. The average molecular weight is 306 g/mol. The number of phenols is 1. The molecule has 0 aromatic heterocycles. The van der Waals surface area contributed by atoms with Crippen LogP contribution in [0.5, 0.6) is 5.75 Å². The molecule has 22 heavy (non-hydrogen) atoms. The number of benzene rings is 1. The number of carbonyl (C=O) groups is 2. The maximum Gasteiger partial charge on any atom is 0.237 e. The Balaban J connectivity index is 2.68. The zero-order chi connectivity index (χ0) is 16.7. The molecule has 0 spiro atoms. The third-order valence-electron chi connectivity index (χ3n) is 3.31. The van der Waals surface area contributed by atoms with Gasteiger partial charge in [0, 0.05) is 12.0 Å². The van der Waals surface area contributed by atoms with E-state index in [0.717, 1.165) is 5.56 Å². The van der Waals surface area contributed by atoms with Gasteiger partial charge in [0.1, 0.15) is 5.75 Å². The normalized spacial score (nSPS) is 12.5. The summed E-state index contributed by atoms with van der Waals surface area (Å²) in [6.45, 7) is 7.62. The van der Waals surface area contributed by atoms with Crippen molar-refractivity contribution in [3.8, 4) is 5.75 Å². The molecule has 3 N–H and O–H groups in total. The van der Waals surface area contributed by atoms with E-state index in [9.17, 15) is 14.7 Å². The molecule has 122 valence electrons. The van der Waals surface area contributed by atoms with Crippen molar-refractivity contribution in [1.29, 1.82) is 0 Å². The number of rotatable bonds is 8. The largest absolute Gasteiger partial charge is 0.508 e. The lowest BCUT2D eigenvalue weighted by molar-refractivity contribution is -0.127. The van der Waals surface area contributed by atoms with E-state index < -0.39 is 6.04 Å². The fourth-order valence-corrected chi connectivity index (χ4v) is 2.00. The zero-order valence-electron chi connectivity index (χ0n) is 13.7. The van der Waals surface area contributed by atoms with Crippen molar-refractivity contribution in [2.75, 3.05) is 6.54 Å². The maximum absolute atomic E-state index is 12.3. The molecule has 1 atom stereocenters. The minimum atomic E-state index is -0.412. The molecule has 1 unspecified atom stereocenters. The smallest absolute Gasteiger partial charge is 0.237 e. The molecule has 5 nitrogen and oxygen atoms in total. The van der Waals surface area contributed by atoms with Crippen LogP contribution in [0.4, 0.5) is 0 Å². The molecule has 0 heterocycles. The first kappa shape index (κ1) is 18.2. The van der Waals surface area contributed by atoms with Crippen LogP contribution in [-0.4, -0.2) is 35.4 Å². The van der Waals surface area contributed by atoms with E-state index in [1.54, 1.807) is 24.3 Å². The predicted molar refractivity (Wildman–Crippen MR) is 86.7 cm³/mol. The average Bonchev–Trinajstić information content (AvgIpc) is 2.45. The van der Waals surface area contributed by atoms with Gasteiger partial charge in [0.2, 0.25) is 5.91 Å². The Bertz CT molecular complexity index is 495. The third-order valence-corrected chi connectivity index (χ3v) is 3.31. The maximum atomic E-state index is 12.3. The Morgan fingerprint density at radius 2 is 1.68 bits per heavy atom. The summed E-state index contributed by atoms with van der Waals surface area (Å²) in [5.74, 6) is -0.0601. The van der Waals surface area contributed by atoms with Crippen LogP contribution in [0.15, 0.2) is 24.3 Å². The number of phenolic OH excluding ortho intramolecular Hbond substituents is 1. The van der Waals surface area contributed by atoms with E-state index in [4.69, 9.17) is 0 Å². The molecule has 1 amide bonds. The summed E-state index contributed by atoms with van der Waals surface area (Å²) >= 11 is 0. The van der Waals surface area contributed by atoms with Crippen molar-refractivity contribution in [1.82, 2.24) is 10.6 Å². The van der Waals surface area contributed by atoms with Gasteiger partial charge in [-0.15, -0.1) is 0 Å². The van der Waals surface area contributed by atoms with Crippen LogP contribution >= 0.6 is 0 Å². The molecular formula is C17H26N2O3. The topological polar surface area (TPSA) is 78.4 Å². The van der Waals surface area contributed by atoms with E-state index in [1.807, 2.05) is 27.7 Å². The predicted octanol–water partition coefficient (Wildman–Crippen LogP) is 1.64. The zero-order valence-corrected chi connectivity index (χ0v) is 13.7. The van der Waals surface area contributed by atoms with Gasteiger partial charge in [0.25, 0.3) is 0 Å². The molecule has 5 heteroatoms. The highest BCUT2D eigenvalue weighted by atomic mass is 16.3. The number of carbonyl (C=O) groups excluding carboxylic acids is 2. The summed E-state index contributed by atoms with van der Waals surface area (Å²) in [7, 11) is 0. The molecule has 0 saturated carbocycles. The lowest BCUT2D eigenvalue weighted by atomic mass is 10.0. The number of aromatic hydroxyl groups is 1. The van der Waals surface area contributed by atoms with Gasteiger partial charge in [-0.2, -0.15) is 0 Å². The van der Waals surface area contributed by atoms with Crippen LogP contribution in [0.3, 0.4) is 0 Å². The molecule has 0 aliphatic rings. The first-order chi connectivity index (χ1) is 10.3. The molecule has 1 aromatic rings. The standard InChI is InChI=1S/C17H26N2O3/c1-11(2)16(21)10-18-17(22)15(19-12(3)4)9-13-5-7-14(20)8-6-13/h5-8,11-12,15,19-20H,9-10H2,1-4H3,(H,18,22). The molecule has 1 aromatic carbocycles. The summed E-state index contributed by atoms with van der Waals surface area (Å²) in [4.78, 5) is 23.9. The lowest BCUT2D eigenvalue weighted by Crippen LogP contribution is -2.49. The Labute approximate surface area is 132 Å². The molecular weight excluding hydrogens is 280 g/mol. The van der Waals surface area contributed by atoms with E-state index in [-0.39, 0.29) is 35.9 Å². The second kappa shape index (κ2) is 8.54. The SMILES string of the molecule is CC(C)NC(Cc1ccc(O)cc1)C(=O)NCC(=O)C(C)C. The van der Waals surface area contributed by atoms with Crippen LogP contribution in [0.1, 0.15) is 33.3 Å². The number of ketones is 1. The third kappa shape index (κ3) is 6.26. The van der Waals surface area contributed by atoms with Gasteiger partial charge in [-0.25, -0.2) is 0 Å². The summed E-state index contributed by atoms with van der Waals surface area (Å²) in [5, 5.41) is 15.2. The molecule has 0 saturated heterocycles. The van der Waals surface area contributed by atoms with Crippen LogP contribution in [0.2, 0.25) is 0 Å². The Morgan fingerprint density at radius 1 is 1.09 bits per heavy atom. The van der Waals surface area contributed by atoms with Gasteiger partial charge in [-0.3, -0.25) is 9.59 Å². The van der Waals surface area contributed by atoms with Crippen molar-refractivity contribution >= 4 is 11.7 Å². The van der Waals surface area contributed by atoms with Crippen molar-refractivity contribution in [2.45, 2.75) is 46.2 Å². The van der Waals surface area contributed by atoms with Gasteiger partial charge in [-0.05, 0) is 24.1 Å². The van der Waals surface area contributed by atoms with Gasteiger partial charge < -0.3 is 15.7 Å². The summed E-state index contributed by atoms with van der Waals surface area (Å²) in [6, 6.07) is 6.51. The second-order valence-corrected chi connectivity index (χ2v) is 6.08. The fourth-order valence-electron chi connectivity index (χ4n) is 2.00. The number of hydrogen-bond acceptors (Lipinski definition) is 4. The van der Waals surface area contributed by atoms with Crippen LogP contribution in [0.25, 0.3) is 0 Å². The minimum absolute atomic E-state index is 0.0151. The highest BCUT2D eigenvalue weighted by Gasteiger charge is 2.20. The highest BCUT2D eigenvalue weighted by molar-refractivity contribution is 5.89. The van der Waals surface area contributed by atoms with Crippen molar-refractivity contribution in [3.63, 3.8) is 0 Å². The Hall–Kier alpha value is -1.88. The van der Waals surface area contributed by atoms with Crippen LogP contribution < -0.4 is 10.6 Å². The molecule has 0 fully saturated rings. The van der Waals surface area contributed by atoms with E-state index in [1.165, 1.54) is 0 Å². The first-order valence-corrected chi connectivity index (χ1v) is 7.64. The molecule has 0 radical (unpaired) electrons. The first-order valence-electron chi connectivity index (χ1n) is 7.64. The quantitative estimate of drug-likeness (QED) is 0.682. The molecule has 0 aliphatic heterocycles. The van der Waals surface area contributed by atoms with Gasteiger partial charge in [0.15, 0.2) is 5.78 Å². The molecule has 0 aliphatic carbocycles. The van der Waals surface area contributed by atoms with Crippen LogP contribution in [0, 0.1) is 5.92 Å². The molecule has 0 bridgehead atoms. The van der Waals surface area contributed by atoms with Crippen molar-refractivity contribution in [3.05, 3.63) is 29.8 Å². The number of nitrogens with one attached hydrogen (secondary N) is 2. The van der Waals surface area contributed by atoms with Crippen molar-refractivity contribution in [2.24, 2.45) is 5.92 Å². The fraction of sp³-hybridized carbons (Fsp3) is 0.529. The van der Waals surface area contributed by atoms with E-state index in [2.05, 4.69) is 10.6 Å². The second-order valence-electron chi connectivity index (χ2n) is 6.08.